The minimum atomic E-state index is -0.651. The van der Waals surface area contributed by atoms with Gasteiger partial charge in [-0.3, -0.25) is 14.4 Å². The number of carbonyl (C=O) groups excluding carboxylic acids is 3. The van der Waals surface area contributed by atoms with Gasteiger partial charge in [-0.1, -0.05) is 69.7 Å². The van der Waals surface area contributed by atoms with Gasteiger partial charge in [0.2, 0.25) is 11.7 Å². The lowest BCUT2D eigenvalue weighted by molar-refractivity contribution is -0.132. The van der Waals surface area contributed by atoms with Crippen LogP contribution in [0.5, 0.6) is 0 Å². The number of nitrogens with zero attached hydrogens (tertiary/aromatic N) is 1. The van der Waals surface area contributed by atoms with Gasteiger partial charge in [-0.05, 0) is 61.3 Å². The molecule has 2 N–H and O–H groups in total. The highest BCUT2D eigenvalue weighted by molar-refractivity contribution is 5.97. The quantitative estimate of drug-likeness (QED) is 0.387. The Balaban J connectivity index is 1.71. The minimum Gasteiger partial charge on any atom is -0.352 e. The van der Waals surface area contributed by atoms with Gasteiger partial charge in [-0.25, -0.2) is 0 Å². The smallest absolute Gasteiger partial charge is 0.290 e. The van der Waals surface area contributed by atoms with Crippen LogP contribution < -0.4 is 10.6 Å². The maximum absolute atomic E-state index is 13.6. The molecule has 2 amide bonds. The molecular weight excluding hydrogens is 466 g/mol. The van der Waals surface area contributed by atoms with Crippen LogP contribution in [0.3, 0.4) is 0 Å². The summed E-state index contributed by atoms with van der Waals surface area (Å²) in [7, 11) is 0. The topological polar surface area (TPSA) is 101 Å². The Morgan fingerprint density at radius 2 is 1.78 bits per heavy atom. The summed E-state index contributed by atoms with van der Waals surface area (Å²) in [5.41, 5.74) is 4.72. The van der Waals surface area contributed by atoms with Crippen LogP contribution in [0.25, 0.3) is 0 Å². The van der Waals surface area contributed by atoms with Crippen LogP contribution in [-0.2, 0) is 16.1 Å². The molecule has 202 valence electrons. The van der Waals surface area contributed by atoms with Crippen molar-refractivity contribution in [2.24, 2.45) is 17.8 Å². The fourth-order valence-electron chi connectivity index (χ4n) is 5.30. The van der Waals surface area contributed by atoms with Crippen LogP contribution in [0.15, 0.2) is 28.9 Å². The van der Waals surface area contributed by atoms with E-state index in [9.17, 15) is 14.4 Å². The number of ketones is 1. The molecule has 0 unspecified atom stereocenters. The number of benzene rings is 1. The highest BCUT2D eigenvalue weighted by Crippen LogP contribution is 2.29. The van der Waals surface area contributed by atoms with Crippen molar-refractivity contribution in [3.8, 4) is 0 Å². The zero-order chi connectivity index (χ0) is 26.9. The van der Waals surface area contributed by atoms with E-state index in [2.05, 4.69) is 48.7 Å². The van der Waals surface area contributed by atoms with Crippen LogP contribution in [0.1, 0.15) is 98.0 Å². The number of rotatable bonds is 12. The third-order valence-corrected chi connectivity index (χ3v) is 8.36. The standard InChI is InChI=1S/C30H43N3O4/c1-6-19(2)25(29(35)31-18-24-13-12-20(3)21(4)22(24)5)17-27(34)26(16-23-10-8-7-9-11-23)33-30(36)28-14-15-32-37-28/h12-15,19,23,25-26H,6-11,16-18H2,1-5H3,(H,31,35)(H,33,36)/t19-,25-,26-/m0/s1. The molecule has 0 spiro atoms. The Morgan fingerprint density at radius 1 is 1.05 bits per heavy atom. The summed E-state index contributed by atoms with van der Waals surface area (Å²) in [6.45, 7) is 10.7. The summed E-state index contributed by atoms with van der Waals surface area (Å²) >= 11 is 0. The molecule has 37 heavy (non-hydrogen) atoms. The fraction of sp³-hybridized carbons (Fsp3) is 0.600. The number of hydrogen-bond acceptors (Lipinski definition) is 5. The number of nitrogens with one attached hydrogen (secondary N) is 2. The summed E-state index contributed by atoms with van der Waals surface area (Å²) in [5, 5.41) is 9.58. The second-order valence-corrected chi connectivity index (χ2v) is 10.8. The molecule has 1 aromatic carbocycles. The van der Waals surface area contributed by atoms with Crippen molar-refractivity contribution in [1.82, 2.24) is 15.8 Å². The van der Waals surface area contributed by atoms with Crippen LogP contribution in [0.2, 0.25) is 0 Å². The van der Waals surface area contributed by atoms with Gasteiger partial charge in [-0.2, -0.15) is 0 Å². The van der Waals surface area contributed by atoms with E-state index in [1.54, 1.807) is 0 Å². The predicted octanol–water partition coefficient (Wildman–Crippen LogP) is 5.61. The molecular formula is C30H43N3O4. The second kappa shape index (κ2) is 13.5. The number of amides is 2. The molecule has 1 aromatic heterocycles. The van der Waals surface area contributed by atoms with Gasteiger partial charge >= 0.3 is 0 Å². The Labute approximate surface area is 221 Å². The molecule has 1 aliphatic rings. The molecule has 1 heterocycles. The van der Waals surface area contributed by atoms with Crippen molar-refractivity contribution in [1.29, 1.82) is 0 Å². The highest BCUT2D eigenvalue weighted by atomic mass is 16.5. The summed E-state index contributed by atoms with van der Waals surface area (Å²) in [5.74, 6) is -0.603. The zero-order valence-corrected chi connectivity index (χ0v) is 23.1. The Morgan fingerprint density at radius 3 is 2.43 bits per heavy atom. The minimum absolute atomic E-state index is 0.0325. The maximum Gasteiger partial charge on any atom is 0.290 e. The molecule has 0 aliphatic heterocycles. The summed E-state index contributed by atoms with van der Waals surface area (Å²) < 4.78 is 5.00. The van der Waals surface area contributed by atoms with Gasteiger partial charge in [-0.15, -0.1) is 0 Å². The first-order chi connectivity index (χ1) is 17.7. The van der Waals surface area contributed by atoms with E-state index in [0.717, 1.165) is 37.7 Å². The first-order valence-corrected chi connectivity index (χ1v) is 13.8. The Bertz CT molecular complexity index is 1060. The highest BCUT2D eigenvalue weighted by Gasteiger charge is 2.32. The van der Waals surface area contributed by atoms with Crippen molar-refractivity contribution in [2.45, 2.75) is 98.6 Å². The van der Waals surface area contributed by atoms with Gasteiger partial charge in [0, 0.05) is 24.9 Å². The maximum atomic E-state index is 13.6. The molecule has 0 bridgehead atoms. The van der Waals surface area contributed by atoms with E-state index in [0.29, 0.717) is 18.9 Å². The molecule has 0 radical (unpaired) electrons. The van der Waals surface area contributed by atoms with Crippen molar-refractivity contribution in [3.63, 3.8) is 0 Å². The number of carbonyl (C=O) groups is 3. The van der Waals surface area contributed by atoms with Crippen molar-refractivity contribution < 1.29 is 18.9 Å². The number of aryl methyl sites for hydroxylation is 1. The lowest BCUT2D eigenvalue weighted by atomic mass is 9.81. The van der Waals surface area contributed by atoms with Crippen molar-refractivity contribution >= 4 is 17.6 Å². The molecule has 1 aliphatic carbocycles. The molecule has 0 saturated heterocycles. The Hall–Kier alpha value is -2.96. The third-order valence-electron chi connectivity index (χ3n) is 8.36. The van der Waals surface area contributed by atoms with Crippen LogP contribution >= 0.6 is 0 Å². The van der Waals surface area contributed by atoms with Gasteiger partial charge in [0.05, 0.1) is 12.2 Å². The van der Waals surface area contributed by atoms with Crippen LogP contribution in [0.4, 0.5) is 0 Å². The number of aromatic nitrogens is 1. The lowest BCUT2D eigenvalue weighted by Crippen LogP contribution is -2.45. The molecule has 2 aromatic rings. The molecule has 3 atom stereocenters. The average Bonchev–Trinajstić information content (AvgIpc) is 3.45. The molecule has 3 rings (SSSR count). The SMILES string of the molecule is CC[C@H](C)[C@H](CC(=O)[C@H](CC1CCCCC1)NC(=O)c1ccno1)C(=O)NCc1ccc(C)c(C)c1C. The first kappa shape index (κ1) is 28.6. The van der Waals surface area contributed by atoms with E-state index < -0.39 is 17.9 Å². The van der Waals surface area contributed by atoms with Crippen LogP contribution in [-0.4, -0.2) is 28.8 Å². The molecule has 1 fully saturated rings. The molecule has 7 heteroatoms. The van der Waals surface area contributed by atoms with E-state index in [4.69, 9.17) is 4.52 Å². The Kier molecular flexibility index (Phi) is 10.5. The summed E-state index contributed by atoms with van der Waals surface area (Å²) in [6, 6.07) is 4.97. The first-order valence-electron chi connectivity index (χ1n) is 13.8. The third kappa shape index (κ3) is 7.76. The average molecular weight is 510 g/mol. The van der Waals surface area contributed by atoms with Crippen molar-refractivity contribution in [2.75, 3.05) is 0 Å². The van der Waals surface area contributed by atoms with Crippen molar-refractivity contribution in [3.05, 3.63) is 52.4 Å². The van der Waals surface area contributed by atoms with E-state index in [-0.39, 0.29) is 29.8 Å². The van der Waals surface area contributed by atoms with Gasteiger partial charge in [0.25, 0.3) is 5.91 Å². The number of hydrogen-bond donors (Lipinski definition) is 2. The molecule has 7 nitrogen and oxygen atoms in total. The van der Waals surface area contributed by atoms with E-state index in [1.807, 2.05) is 13.8 Å². The monoisotopic (exact) mass is 509 g/mol. The largest absolute Gasteiger partial charge is 0.352 e. The lowest BCUT2D eigenvalue weighted by Gasteiger charge is -2.28. The predicted molar refractivity (Wildman–Crippen MR) is 144 cm³/mol. The zero-order valence-electron chi connectivity index (χ0n) is 23.1. The van der Waals surface area contributed by atoms with E-state index in [1.165, 1.54) is 35.4 Å². The van der Waals surface area contributed by atoms with Gasteiger partial charge in [0.1, 0.15) is 0 Å². The fourth-order valence-corrected chi connectivity index (χ4v) is 5.30. The van der Waals surface area contributed by atoms with Gasteiger partial charge < -0.3 is 15.2 Å². The van der Waals surface area contributed by atoms with E-state index >= 15 is 0 Å². The van der Waals surface area contributed by atoms with Gasteiger partial charge in [0.15, 0.2) is 5.78 Å². The summed E-state index contributed by atoms with van der Waals surface area (Å²) in [6.07, 6.45) is 8.53. The number of Topliss-reactive ketones (excluding diaryl/α,β-unsaturated/α-hetero) is 1. The van der Waals surface area contributed by atoms with Crippen LogP contribution in [0, 0.1) is 38.5 Å². The molecule has 1 saturated carbocycles. The normalized spacial score (nSPS) is 16.6. The summed E-state index contributed by atoms with van der Waals surface area (Å²) in [4.78, 5) is 39.7. The second-order valence-electron chi connectivity index (χ2n) is 10.8.